The highest BCUT2D eigenvalue weighted by Gasteiger charge is 2.26. The summed E-state index contributed by atoms with van der Waals surface area (Å²) in [5, 5.41) is 4.11. The van der Waals surface area contributed by atoms with Crippen LogP contribution in [0.4, 0.5) is 5.82 Å². The molecule has 1 aliphatic rings. The molecule has 92 valence electrons. The summed E-state index contributed by atoms with van der Waals surface area (Å²) in [6.07, 6.45) is 4.44. The van der Waals surface area contributed by atoms with Gasteiger partial charge < -0.3 is 0 Å². The molecule has 1 amide bonds. The number of hydrogen-bond acceptors (Lipinski definition) is 3. The highest BCUT2D eigenvalue weighted by Crippen LogP contribution is 2.18. The van der Waals surface area contributed by atoms with Crippen molar-refractivity contribution < 1.29 is 4.79 Å². The Hall–Kier alpha value is -2.17. The van der Waals surface area contributed by atoms with Gasteiger partial charge in [-0.2, -0.15) is 5.10 Å². The largest absolute Gasteiger partial charge is 0.289 e. The number of fused-ring (bicyclic) bond motifs is 1. The van der Waals surface area contributed by atoms with E-state index in [1.807, 2.05) is 18.3 Å². The molecule has 0 N–H and O–H groups in total. The van der Waals surface area contributed by atoms with Crippen LogP contribution >= 0.6 is 0 Å². The van der Waals surface area contributed by atoms with Gasteiger partial charge in [-0.05, 0) is 24.1 Å². The van der Waals surface area contributed by atoms with Gasteiger partial charge in [0.15, 0.2) is 0 Å². The van der Waals surface area contributed by atoms with Crippen molar-refractivity contribution in [3.05, 3.63) is 41.9 Å². The molecule has 0 saturated heterocycles. The SMILES string of the molecule is CCc1ccc(N2CCn3nccc3C2=O)nc1. The molecule has 0 radical (unpaired) electrons. The Morgan fingerprint density at radius 3 is 2.89 bits per heavy atom. The summed E-state index contributed by atoms with van der Waals surface area (Å²) < 4.78 is 1.74. The zero-order chi connectivity index (χ0) is 12.5. The van der Waals surface area contributed by atoms with Gasteiger partial charge >= 0.3 is 0 Å². The maximum atomic E-state index is 12.3. The average molecular weight is 242 g/mol. The summed E-state index contributed by atoms with van der Waals surface area (Å²) in [6.45, 7) is 3.42. The van der Waals surface area contributed by atoms with Crippen molar-refractivity contribution in [3.8, 4) is 0 Å². The van der Waals surface area contributed by atoms with Crippen molar-refractivity contribution >= 4 is 11.7 Å². The first-order chi connectivity index (χ1) is 8.79. The van der Waals surface area contributed by atoms with Crippen LogP contribution in [0.5, 0.6) is 0 Å². The third-order valence-corrected chi connectivity index (χ3v) is 3.21. The number of hydrogen-bond donors (Lipinski definition) is 0. The zero-order valence-corrected chi connectivity index (χ0v) is 10.2. The van der Waals surface area contributed by atoms with Gasteiger partial charge in [0.05, 0.1) is 6.54 Å². The molecular weight excluding hydrogens is 228 g/mol. The second-order valence-corrected chi connectivity index (χ2v) is 4.27. The Morgan fingerprint density at radius 2 is 2.17 bits per heavy atom. The van der Waals surface area contributed by atoms with E-state index >= 15 is 0 Å². The number of aryl methyl sites for hydroxylation is 1. The molecule has 0 saturated carbocycles. The molecule has 18 heavy (non-hydrogen) atoms. The van der Waals surface area contributed by atoms with E-state index in [4.69, 9.17) is 0 Å². The standard InChI is InChI=1S/C13H14N4O/c1-2-10-3-4-12(14-9-10)16-7-8-17-11(13(16)18)5-6-15-17/h3-6,9H,2,7-8H2,1H3. The number of rotatable bonds is 2. The molecule has 5 nitrogen and oxygen atoms in total. The Balaban J connectivity index is 1.91. The highest BCUT2D eigenvalue weighted by atomic mass is 16.2. The van der Waals surface area contributed by atoms with Gasteiger partial charge in [-0.15, -0.1) is 0 Å². The fourth-order valence-corrected chi connectivity index (χ4v) is 2.13. The number of nitrogens with zero attached hydrogens (tertiary/aromatic N) is 4. The summed E-state index contributed by atoms with van der Waals surface area (Å²) in [6, 6.07) is 5.67. The number of carbonyl (C=O) groups is 1. The van der Waals surface area contributed by atoms with Gasteiger partial charge in [-0.25, -0.2) is 4.98 Å². The molecule has 0 fully saturated rings. The van der Waals surface area contributed by atoms with E-state index in [0.29, 0.717) is 24.6 Å². The van der Waals surface area contributed by atoms with E-state index in [-0.39, 0.29) is 5.91 Å². The van der Waals surface area contributed by atoms with Crippen molar-refractivity contribution in [1.29, 1.82) is 0 Å². The Bertz CT molecular complexity index is 573. The summed E-state index contributed by atoms with van der Waals surface area (Å²) in [5.74, 6) is 0.681. The molecule has 0 spiro atoms. The van der Waals surface area contributed by atoms with Crippen LogP contribution in [0.2, 0.25) is 0 Å². The smallest absolute Gasteiger partial charge is 0.277 e. The predicted octanol–water partition coefficient (Wildman–Crippen LogP) is 1.50. The Morgan fingerprint density at radius 1 is 1.28 bits per heavy atom. The summed E-state index contributed by atoms with van der Waals surface area (Å²) in [4.78, 5) is 18.3. The van der Waals surface area contributed by atoms with Gasteiger partial charge in [0.1, 0.15) is 11.5 Å². The van der Waals surface area contributed by atoms with Crippen LogP contribution < -0.4 is 4.90 Å². The third-order valence-electron chi connectivity index (χ3n) is 3.21. The van der Waals surface area contributed by atoms with Crippen molar-refractivity contribution in [3.63, 3.8) is 0 Å². The lowest BCUT2D eigenvalue weighted by Crippen LogP contribution is -2.40. The highest BCUT2D eigenvalue weighted by molar-refractivity contribution is 6.05. The molecule has 5 heteroatoms. The second-order valence-electron chi connectivity index (χ2n) is 4.27. The molecule has 2 aromatic heterocycles. The molecule has 1 aliphatic heterocycles. The van der Waals surface area contributed by atoms with Crippen LogP contribution in [-0.2, 0) is 13.0 Å². The van der Waals surface area contributed by atoms with Crippen LogP contribution in [0.1, 0.15) is 23.0 Å². The topological polar surface area (TPSA) is 51.0 Å². The minimum atomic E-state index is -0.0319. The van der Waals surface area contributed by atoms with Crippen molar-refractivity contribution in [2.24, 2.45) is 0 Å². The number of amides is 1. The molecule has 0 unspecified atom stereocenters. The molecule has 3 rings (SSSR count). The molecule has 0 aromatic carbocycles. The van der Waals surface area contributed by atoms with Crippen LogP contribution in [0.25, 0.3) is 0 Å². The van der Waals surface area contributed by atoms with Crippen molar-refractivity contribution in [2.45, 2.75) is 19.9 Å². The van der Waals surface area contributed by atoms with E-state index in [1.165, 1.54) is 5.56 Å². The van der Waals surface area contributed by atoms with E-state index in [9.17, 15) is 4.79 Å². The zero-order valence-electron chi connectivity index (χ0n) is 10.2. The number of carbonyl (C=O) groups excluding carboxylic acids is 1. The quantitative estimate of drug-likeness (QED) is 0.802. The van der Waals surface area contributed by atoms with Crippen LogP contribution in [0, 0.1) is 0 Å². The normalized spacial score (nSPS) is 14.7. The summed E-state index contributed by atoms with van der Waals surface area (Å²) in [7, 11) is 0. The first-order valence-corrected chi connectivity index (χ1v) is 6.08. The predicted molar refractivity (Wildman–Crippen MR) is 67.5 cm³/mol. The fraction of sp³-hybridized carbons (Fsp3) is 0.308. The van der Waals surface area contributed by atoms with Crippen molar-refractivity contribution in [1.82, 2.24) is 14.8 Å². The van der Waals surface area contributed by atoms with Gasteiger partial charge in [0, 0.05) is 18.9 Å². The fourth-order valence-electron chi connectivity index (χ4n) is 2.13. The van der Waals surface area contributed by atoms with E-state index < -0.39 is 0 Å². The Labute approximate surface area is 105 Å². The lowest BCUT2D eigenvalue weighted by molar-refractivity contribution is 0.0961. The van der Waals surface area contributed by atoms with E-state index in [1.54, 1.807) is 21.8 Å². The molecule has 2 aromatic rings. The summed E-state index contributed by atoms with van der Waals surface area (Å²) in [5.41, 5.74) is 1.80. The number of anilines is 1. The average Bonchev–Trinajstić information content (AvgIpc) is 2.89. The third kappa shape index (κ3) is 1.68. The van der Waals surface area contributed by atoms with Crippen LogP contribution in [0.3, 0.4) is 0 Å². The summed E-state index contributed by atoms with van der Waals surface area (Å²) >= 11 is 0. The number of pyridine rings is 1. The molecule has 0 atom stereocenters. The monoisotopic (exact) mass is 242 g/mol. The molecular formula is C13H14N4O. The minimum absolute atomic E-state index is 0.0319. The first kappa shape index (κ1) is 11.0. The maximum Gasteiger partial charge on any atom is 0.277 e. The minimum Gasteiger partial charge on any atom is -0.289 e. The van der Waals surface area contributed by atoms with Gasteiger partial charge in [0.25, 0.3) is 5.91 Å². The first-order valence-electron chi connectivity index (χ1n) is 6.08. The van der Waals surface area contributed by atoms with Gasteiger partial charge in [-0.3, -0.25) is 14.4 Å². The van der Waals surface area contributed by atoms with E-state index in [2.05, 4.69) is 17.0 Å². The molecule has 3 heterocycles. The van der Waals surface area contributed by atoms with Gasteiger partial charge in [-0.1, -0.05) is 13.0 Å². The number of aromatic nitrogens is 3. The van der Waals surface area contributed by atoms with Crippen molar-refractivity contribution in [2.75, 3.05) is 11.4 Å². The van der Waals surface area contributed by atoms with Crippen LogP contribution in [0.15, 0.2) is 30.6 Å². The Kier molecular flexibility index (Phi) is 2.59. The second kappa shape index (κ2) is 4.25. The molecule has 0 bridgehead atoms. The van der Waals surface area contributed by atoms with E-state index in [0.717, 1.165) is 6.42 Å². The van der Waals surface area contributed by atoms with Gasteiger partial charge in [0.2, 0.25) is 0 Å². The van der Waals surface area contributed by atoms with Crippen LogP contribution in [-0.4, -0.2) is 27.2 Å². The molecule has 0 aliphatic carbocycles. The maximum absolute atomic E-state index is 12.3. The lowest BCUT2D eigenvalue weighted by Gasteiger charge is -2.26. The lowest BCUT2D eigenvalue weighted by atomic mass is 10.2.